The zero-order chi connectivity index (χ0) is 19.4. The molecule has 7 nitrogen and oxygen atoms in total. The van der Waals surface area contributed by atoms with Gasteiger partial charge < -0.3 is 11.1 Å². The lowest BCUT2D eigenvalue weighted by molar-refractivity contribution is -0.143. The highest BCUT2D eigenvalue weighted by Crippen LogP contribution is 2.53. The van der Waals surface area contributed by atoms with Crippen LogP contribution in [0.3, 0.4) is 0 Å². The molecule has 0 aromatic heterocycles. The second-order valence-electron chi connectivity index (χ2n) is 8.74. The van der Waals surface area contributed by atoms with E-state index >= 15 is 0 Å². The lowest BCUT2D eigenvalue weighted by Gasteiger charge is -2.54. The summed E-state index contributed by atoms with van der Waals surface area (Å²) in [5, 5.41) is 8.09. The van der Waals surface area contributed by atoms with E-state index in [0.29, 0.717) is 17.5 Å². The number of rotatable bonds is 4. The van der Waals surface area contributed by atoms with Crippen molar-refractivity contribution in [3.63, 3.8) is 0 Å². The molecule has 4 bridgehead atoms. The number of para-hydroxylation sites is 1. The van der Waals surface area contributed by atoms with E-state index in [1.165, 1.54) is 6.42 Å². The van der Waals surface area contributed by atoms with E-state index in [0.717, 1.165) is 42.5 Å². The first-order valence-electron chi connectivity index (χ1n) is 10.1. The lowest BCUT2D eigenvalue weighted by Crippen LogP contribution is -2.57. The number of amidine groups is 1. The molecule has 6 rings (SSSR count). The van der Waals surface area contributed by atoms with Crippen molar-refractivity contribution < 1.29 is 14.4 Å². The van der Waals surface area contributed by atoms with Crippen molar-refractivity contribution in [3.05, 3.63) is 30.3 Å². The van der Waals surface area contributed by atoms with Crippen molar-refractivity contribution >= 4 is 29.1 Å². The monoisotopic (exact) mass is 380 g/mol. The topological polar surface area (TPSA) is 105 Å². The van der Waals surface area contributed by atoms with E-state index in [1.807, 2.05) is 6.07 Å². The number of nitrogens with one attached hydrogen (secondary N) is 1. The number of nitrogens with two attached hydrogens (primary N) is 1. The number of hydrogen-bond acceptors (Lipinski definition) is 5. The van der Waals surface area contributed by atoms with Gasteiger partial charge in [0.15, 0.2) is 5.92 Å². The molecule has 0 spiro atoms. The number of ketones is 1. The molecule has 7 heteroatoms. The molecule has 0 radical (unpaired) electrons. The third kappa shape index (κ3) is 2.72. The maximum atomic E-state index is 12.8. The second kappa shape index (κ2) is 6.43. The van der Waals surface area contributed by atoms with Gasteiger partial charge in [0.25, 0.3) is 11.8 Å². The Labute approximate surface area is 163 Å². The number of carbonyl (C=O) groups excluding carboxylic acids is 3. The Kier molecular flexibility index (Phi) is 4.00. The zero-order valence-corrected chi connectivity index (χ0v) is 15.6. The fourth-order valence-electron chi connectivity index (χ4n) is 5.99. The van der Waals surface area contributed by atoms with Crippen LogP contribution in [0.4, 0.5) is 5.69 Å². The minimum Gasteiger partial charge on any atom is -0.385 e. The summed E-state index contributed by atoms with van der Waals surface area (Å²) in [5.74, 6) is -1.07. The molecule has 4 aliphatic carbocycles. The molecule has 1 aliphatic heterocycles. The Morgan fingerprint density at radius 1 is 1.00 bits per heavy atom. The largest absolute Gasteiger partial charge is 0.385 e. The van der Waals surface area contributed by atoms with Crippen LogP contribution in [-0.4, -0.2) is 29.5 Å². The van der Waals surface area contributed by atoms with Crippen LogP contribution in [-0.2, 0) is 14.4 Å². The fraction of sp³-hybridized carbons (Fsp3) is 0.524. The molecule has 1 aromatic carbocycles. The van der Waals surface area contributed by atoms with Crippen LogP contribution in [0.2, 0.25) is 0 Å². The SMILES string of the molecule is NC1=NN(c2ccccc2)C(=O)[C@H]1C(=O)C(=O)NC1C2CC3CC(C2)CC1C3. The van der Waals surface area contributed by atoms with Gasteiger partial charge in [-0.15, -0.1) is 0 Å². The van der Waals surface area contributed by atoms with E-state index in [2.05, 4.69) is 10.4 Å². The van der Waals surface area contributed by atoms with Crippen LogP contribution in [0.25, 0.3) is 0 Å². The van der Waals surface area contributed by atoms with E-state index in [4.69, 9.17) is 5.73 Å². The third-order valence-corrected chi connectivity index (χ3v) is 6.98. The quantitative estimate of drug-likeness (QED) is 0.609. The number of carbonyl (C=O) groups is 3. The summed E-state index contributed by atoms with van der Waals surface area (Å²) in [5.41, 5.74) is 6.39. The molecule has 3 N–H and O–H groups in total. The van der Waals surface area contributed by atoms with Crippen LogP contribution in [0.1, 0.15) is 32.1 Å². The molecular formula is C21H24N4O3. The lowest BCUT2D eigenvalue weighted by atomic mass is 9.54. The number of nitrogens with zero attached hydrogens (tertiary/aromatic N) is 2. The molecule has 0 unspecified atom stereocenters. The summed E-state index contributed by atoms with van der Waals surface area (Å²) in [7, 11) is 0. The first-order valence-corrected chi connectivity index (χ1v) is 10.1. The molecule has 2 amide bonds. The smallest absolute Gasteiger partial charge is 0.288 e. The first kappa shape index (κ1) is 17.4. The minimum atomic E-state index is -1.34. The predicted octanol–water partition coefficient (Wildman–Crippen LogP) is 1.43. The van der Waals surface area contributed by atoms with Crippen molar-refractivity contribution in [2.75, 3.05) is 5.01 Å². The van der Waals surface area contributed by atoms with E-state index in [9.17, 15) is 14.4 Å². The first-order chi connectivity index (χ1) is 13.5. The molecule has 1 aromatic rings. The van der Waals surface area contributed by atoms with Gasteiger partial charge in [-0.1, -0.05) is 18.2 Å². The van der Waals surface area contributed by atoms with Gasteiger partial charge in [0, 0.05) is 6.04 Å². The van der Waals surface area contributed by atoms with Gasteiger partial charge in [-0.25, -0.2) is 0 Å². The molecule has 4 fully saturated rings. The Bertz CT molecular complexity index is 838. The number of hydrogen-bond donors (Lipinski definition) is 2. The molecule has 5 aliphatic rings. The predicted molar refractivity (Wildman–Crippen MR) is 103 cm³/mol. The maximum absolute atomic E-state index is 12.8. The van der Waals surface area contributed by atoms with Gasteiger partial charge in [0.2, 0.25) is 5.78 Å². The van der Waals surface area contributed by atoms with E-state index in [-0.39, 0.29) is 11.9 Å². The Morgan fingerprint density at radius 2 is 1.61 bits per heavy atom. The number of Topliss-reactive ketones (excluding diaryl/α,β-unsaturated/α-hetero) is 1. The molecule has 0 saturated heterocycles. The number of amides is 2. The average molecular weight is 380 g/mol. The maximum Gasteiger partial charge on any atom is 0.288 e. The number of anilines is 1. The average Bonchev–Trinajstić information content (AvgIpc) is 2.98. The highest BCUT2D eigenvalue weighted by atomic mass is 16.2. The van der Waals surface area contributed by atoms with E-state index in [1.54, 1.807) is 24.3 Å². The van der Waals surface area contributed by atoms with Crippen molar-refractivity contribution in [2.24, 2.45) is 40.4 Å². The van der Waals surface area contributed by atoms with Gasteiger partial charge in [0.05, 0.1) is 5.69 Å². The standard InChI is InChI=1S/C21H24N4O3/c22-19-16(21(28)25(24-19)15-4-2-1-3-5-15)18(26)20(27)23-17-13-7-11-6-12(9-13)10-14(17)8-11/h1-5,11-14,16-17H,6-10H2,(H2,22,24)(H,23,27)/t11?,12?,13?,14?,16-,17?/m0/s1. The molecule has 1 heterocycles. The van der Waals surface area contributed by atoms with Crippen LogP contribution in [0.15, 0.2) is 35.4 Å². The highest BCUT2D eigenvalue weighted by Gasteiger charge is 2.50. The summed E-state index contributed by atoms with van der Waals surface area (Å²) in [4.78, 5) is 38.2. The van der Waals surface area contributed by atoms with Gasteiger partial charge >= 0.3 is 0 Å². The fourth-order valence-corrected chi connectivity index (χ4v) is 5.99. The van der Waals surface area contributed by atoms with Gasteiger partial charge in [-0.3, -0.25) is 14.4 Å². The number of benzene rings is 1. The highest BCUT2D eigenvalue weighted by molar-refractivity contribution is 6.47. The van der Waals surface area contributed by atoms with Gasteiger partial charge in [-0.2, -0.15) is 10.1 Å². The van der Waals surface area contributed by atoms with Crippen LogP contribution in [0.5, 0.6) is 0 Å². The van der Waals surface area contributed by atoms with E-state index < -0.39 is 23.5 Å². The van der Waals surface area contributed by atoms with Crippen molar-refractivity contribution in [2.45, 2.75) is 38.1 Å². The van der Waals surface area contributed by atoms with Crippen molar-refractivity contribution in [3.8, 4) is 0 Å². The molecule has 28 heavy (non-hydrogen) atoms. The molecule has 4 saturated carbocycles. The third-order valence-electron chi connectivity index (χ3n) is 6.98. The summed E-state index contributed by atoms with van der Waals surface area (Å²) in [6.07, 6.45) is 5.88. The van der Waals surface area contributed by atoms with Crippen LogP contribution >= 0.6 is 0 Å². The Hall–Kier alpha value is -2.70. The molecular weight excluding hydrogens is 356 g/mol. The molecule has 146 valence electrons. The number of hydrazone groups is 1. The summed E-state index contributed by atoms with van der Waals surface area (Å²) in [6.45, 7) is 0. The Morgan fingerprint density at radius 3 is 2.21 bits per heavy atom. The van der Waals surface area contributed by atoms with Crippen molar-refractivity contribution in [1.29, 1.82) is 0 Å². The Balaban J connectivity index is 1.29. The van der Waals surface area contributed by atoms with Crippen molar-refractivity contribution in [1.82, 2.24) is 5.32 Å². The normalized spacial score (nSPS) is 35.8. The summed E-state index contributed by atoms with van der Waals surface area (Å²) < 4.78 is 0. The van der Waals surface area contributed by atoms with Gasteiger partial charge in [-0.05, 0) is 67.9 Å². The summed E-state index contributed by atoms with van der Waals surface area (Å²) in [6, 6.07) is 8.81. The minimum absolute atomic E-state index is 0.0455. The summed E-state index contributed by atoms with van der Waals surface area (Å²) >= 11 is 0. The second-order valence-corrected chi connectivity index (χ2v) is 8.74. The molecule has 1 atom stereocenters. The van der Waals surface area contributed by atoms with Crippen LogP contribution < -0.4 is 16.1 Å². The van der Waals surface area contributed by atoms with Gasteiger partial charge in [0.1, 0.15) is 5.84 Å². The zero-order valence-electron chi connectivity index (χ0n) is 15.6. The van der Waals surface area contributed by atoms with Crippen LogP contribution in [0, 0.1) is 29.6 Å².